The molecule has 16 heavy (non-hydrogen) atoms. The molecule has 0 amide bonds. The van der Waals surface area contributed by atoms with Gasteiger partial charge in [0, 0.05) is 11.8 Å². The van der Waals surface area contributed by atoms with Crippen LogP contribution < -0.4 is 0 Å². The number of nitriles is 1. The van der Waals surface area contributed by atoms with E-state index in [-0.39, 0.29) is 6.61 Å². The number of benzene rings is 1. The average Bonchev–Trinajstić information content (AvgIpc) is 2.39. The van der Waals surface area contributed by atoms with Crippen molar-refractivity contribution in [3.05, 3.63) is 47.8 Å². The number of rotatable bonds is 2. The van der Waals surface area contributed by atoms with Gasteiger partial charge in [-0.25, -0.2) is 9.97 Å². The van der Waals surface area contributed by atoms with E-state index in [4.69, 9.17) is 10.4 Å². The van der Waals surface area contributed by atoms with Gasteiger partial charge in [0.1, 0.15) is 0 Å². The molecule has 0 spiro atoms. The van der Waals surface area contributed by atoms with Crippen molar-refractivity contribution in [2.45, 2.75) is 6.61 Å². The lowest BCUT2D eigenvalue weighted by Crippen LogP contribution is -1.94. The molecule has 2 aromatic rings. The van der Waals surface area contributed by atoms with Gasteiger partial charge in [-0.1, -0.05) is 0 Å². The van der Waals surface area contributed by atoms with Crippen LogP contribution in [0.2, 0.25) is 0 Å². The summed E-state index contributed by atoms with van der Waals surface area (Å²) in [6.07, 6.45) is 1.60. The van der Waals surface area contributed by atoms with Gasteiger partial charge in [-0.2, -0.15) is 5.26 Å². The van der Waals surface area contributed by atoms with E-state index in [0.29, 0.717) is 17.1 Å². The van der Waals surface area contributed by atoms with Crippen LogP contribution in [-0.2, 0) is 6.61 Å². The number of aromatic nitrogens is 2. The van der Waals surface area contributed by atoms with Crippen LogP contribution in [0.15, 0.2) is 36.5 Å². The van der Waals surface area contributed by atoms with Crippen LogP contribution in [-0.4, -0.2) is 15.1 Å². The molecule has 0 aliphatic heterocycles. The van der Waals surface area contributed by atoms with E-state index in [1.165, 1.54) is 0 Å². The van der Waals surface area contributed by atoms with Gasteiger partial charge < -0.3 is 5.11 Å². The maximum atomic E-state index is 8.96. The third-order valence-electron chi connectivity index (χ3n) is 2.15. The van der Waals surface area contributed by atoms with Gasteiger partial charge in [0.15, 0.2) is 5.82 Å². The Morgan fingerprint density at radius 3 is 2.56 bits per heavy atom. The Morgan fingerprint density at radius 1 is 1.19 bits per heavy atom. The van der Waals surface area contributed by atoms with E-state index in [2.05, 4.69) is 9.97 Å². The van der Waals surface area contributed by atoms with Crippen molar-refractivity contribution in [1.82, 2.24) is 9.97 Å². The molecule has 0 aliphatic rings. The minimum atomic E-state index is -0.105. The molecular weight excluding hydrogens is 202 g/mol. The van der Waals surface area contributed by atoms with Crippen molar-refractivity contribution in [3.8, 4) is 17.5 Å². The number of hydrogen-bond acceptors (Lipinski definition) is 4. The van der Waals surface area contributed by atoms with E-state index in [9.17, 15) is 0 Å². The van der Waals surface area contributed by atoms with Gasteiger partial charge in [-0.05, 0) is 30.3 Å². The Bertz CT molecular complexity index is 529. The molecule has 0 saturated heterocycles. The van der Waals surface area contributed by atoms with Crippen LogP contribution in [0.3, 0.4) is 0 Å². The van der Waals surface area contributed by atoms with E-state index >= 15 is 0 Å². The molecule has 0 saturated carbocycles. The molecule has 0 bridgehead atoms. The van der Waals surface area contributed by atoms with E-state index in [0.717, 1.165) is 5.56 Å². The van der Waals surface area contributed by atoms with Crippen LogP contribution in [0.25, 0.3) is 11.4 Å². The first-order chi connectivity index (χ1) is 7.83. The van der Waals surface area contributed by atoms with Gasteiger partial charge in [0.05, 0.1) is 23.9 Å². The van der Waals surface area contributed by atoms with E-state index in [1.54, 1.807) is 36.5 Å². The van der Waals surface area contributed by atoms with Crippen LogP contribution in [0.4, 0.5) is 0 Å². The fourth-order valence-electron chi connectivity index (χ4n) is 1.32. The summed E-state index contributed by atoms with van der Waals surface area (Å²) in [6, 6.07) is 10.7. The second-order valence-corrected chi connectivity index (χ2v) is 3.22. The SMILES string of the molecule is N#Cc1ccc(-c2nccc(CO)n2)cc1. The van der Waals surface area contributed by atoms with Crippen molar-refractivity contribution in [2.75, 3.05) is 0 Å². The van der Waals surface area contributed by atoms with Crippen molar-refractivity contribution >= 4 is 0 Å². The molecule has 0 atom stereocenters. The van der Waals surface area contributed by atoms with Crippen molar-refractivity contribution < 1.29 is 5.11 Å². The summed E-state index contributed by atoms with van der Waals surface area (Å²) < 4.78 is 0. The van der Waals surface area contributed by atoms with Crippen molar-refractivity contribution in [1.29, 1.82) is 5.26 Å². The Hall–Kier alpha value is -2.25. The normalized spacial score (nSPS) is 9.75. The average molecular weight is 211 g/mol. The second-order valence-electron chi connectivity index (χ2n) is 3.22. The summed E-state index contributed by atoms with van der Waals surface area (Å²) in [6.45, 7) is -0.105. The zero-order chi connectivity index (χ0) is 11.4. The predicted octanol–water partition coefficient (Wildman–Crippen LogP) is 1.51. The number of nitrogens with zero attached hydrogens (tertiary/aromatic N) is 3. The highest BCUT2D eigenvalue weighted by Crippen LogP contribution is 2.15. The number of aliphatic hydroxyl groups is 1. The summed E-state index contributed by atoms with van der Waals surface area (Å²) in [5.41, 5.74) is 2.01. The Kier molecular flexibility index (Phi) is 2.90. The molecule has 2 rings (SSSR count). The zero-order valence-electron chi connectivity index (χ0n) is 8.46. The molecule has 4 heteroatoms. The molecule has 1 aromatic carbocycles. The van der Waals surface area contributed by atoms with Crippen molar-refractivity contribution in [2.24, 2.45) is 0 Å². The molecule has 0 fully saturated rings. The molecule has 4 nitrogen and oxygen atoms in total. The molecule has 78 valence electrons. The standard InChI is InChI=1S/C12H9N3O/c13-7-9-1-3-10(4-2-9)12-14-6-5-11(8-16)15-12/h1-6,16H,8H2. The topological polar surface area (TPSA) is 69.8 Å². The summed E-state index contributed by atoms with van der Waals surface area (Å²) in [7, 11) is 0. The zero-order valence-corrected chi connectivity index (χ0v) is 8.46. The van der Waals surface area contributed by atoms with Crippen LogP contribution in [0, 0.1) is 11.3 Å². The fourth-order valence-corrected chi connectivity index (χ4v) is 1.32. The molecule has 0 unspecified atom stereocenters. The number of hydrogen-bond donors (Lipinski definition) is 1. The van der Waals surface area contributed by atoms with Crippen LogP contribution in [0.1, 0.15) is 11.3 Å². The highest BCUT2D eigenvalue weighted by atomic mass is 16.3. The maximum Gasteiger partial charge on any atom is 0.159 e. The molecule has 1 heterocycles. The lowest BCUT2D eigenvalue weighted by Gasteiger charge is -2.01. The minimum Gasteiger partial charge on any atom is -0.390 e. The molecule has 0 radical (unpaired) electrons. The van der Waals surface area contributed by atoms with E-state index in [1.807, 2.05) is 6.07 Å². The van der Waals surface area contributed by atoms with Gasteiger partial charge in [0.2, 0.25) is 0 Å². The first-order valence-corrected chi connectivity index (χ1v) is 4.77. The molecular formula is C12H9N3O. The molecule has 1 N–H and O–H groups in total. The third-order valence-corrected chi connectivity index (χ3v) is 2.15. The summed E-state index contributed by atoms with van der Waals surface area (Å²) in [5.74, 6) is 0.552. The maximum absolute atomic E-state index is 8.96. The largest absolute Gasteiger partial charge is 0.390 e. The summed E-state index contributed by atoms with van der Waals surface area (Å²) in [4.78, 5) is 8.28. The Labute approximate surface area is 92.8 Å². The first-order valence-electron chi connectivity index (χ1n) is 4.77. The van der Waals surface area contributed by atoms with Gasteiger partial charge >= 0.3 is 0 Å². The Balaban J connectivity index is 2.39. The fraction of sp³-hybridized carbons (Fsp3) is 0.0833. The quantitative estimate of drug-likeness (QED) is 0.817. The minimum absolute atomic E-state index is 0.105. The second kappa shape index (κ2) is 4.51. The van der Waals surface area contributed by atoms with Crippen molar-refractivity contribution in [3.63, 3.8) is 0 Å². The summed E-state index contributed by atoms with van der Waals surface area (Å²) in [5, 5.41) is 17.6. The molecule has 1 aromatic heterocycles. The van der Waals surface area contributed by atoms with Gasteiger partial charge in [0.25, 0.3) is 0 Å². The lowest BCUT2D eigenvalue weighted by atomic mass is 10.1. The lowest BCUT2D eigenvalue weighted by molar-refractivity contribution is 0.277. The Morgan fingerprint density at radius 2 is 1.94 bits per heavy atom. The van der Waals surface area contributed by atoms with Gasteiger partial charge in [-0.3, -0.25) is 0 Å². The van der Waals surface area contributed by atoms with Crippen LogP contribution >= 0.6 is 0 Å². The highest BCUT2D eigenvalue weighted by Gasteiger charge is 2.02. The van der Waals surface area contributed by atoms with Crippen LogP contribution in [0.5, 0.6) is 0 Å². The summed E-state index contributed by atoms with van der Waals surface area (Å²) >= 11 is 0. The number of aliphatic hydroxyl groups excluding tert-OH is 1. The van der Waals surface area contributed by atoms with E-state index < -0.39 is 0 Å². The third kappa shape index (κ3) is 2.05. The predicted molar refractivity (Wildman–Crippen MR) is 58.1 cm³/mol. The monoisotopic (exact) mass is 211 g/mol. The smallest absolute Gasteiger partial charge is 0.159 e. The highest BCUT2D eigenvalue weighted by molar-refractivity contribution is 5.56. The first kappa shape index (κ1) is 10.3. The molecule has 0 aliphatic carbocycles. The van der Waals surface area contributed by atoms with Gasteiger partial charge in [-0.15, -0.1) is 0 Å².